The Bertz CT molecular complexity index is 601. The van der Waals surface area contributed by atoms with Crippen LogP contribution < -0.4 is 10.6 Å². The molecule has 6 heteroatoms. The van der Waals surface area contributed by atoms with E-state index in [1.807, 2.05) is 30.3 Å². The zero-order valence-corrected chi connectivity index (χ0v) is 13.9. The second-order valence-electron chi connectivity index (χ2n) is 5.89. The molecule has 0 fully saturated rings. The van der Waals surface area contributed by atoms with Gasteiger partial charge in [0.1, 0.15) is 11.5 Å². The van der Waals surface area contributed by atoms with Crippen LogP contribution in [-0.4, -0.2) is 24.2 Å². The Morgan fingerprint density at radius 1 is 1.22 bits per heavy atom. The molecule has 6 nitrogen and oxygen atoms in total. The number of hydrogen-bond acceptors (Lipinski definition) is 5. The van der Waals surface area contributed by atoms with Crippen LogP contribution in [0.25, 0.3) is 0 Å². The molecule has 124 valence electrons. The molecule has 0 aliphatic rings. The first-order valence-corrected chi connectivity index (χ1v) is 7.35. The molecule has 0 bridgehead atoms. The fraction of sp³-hybridized carbons (Fsp3) is 0.353. The van der Waals surface area contributed by atoms with Crippen molar-refractivity contribution in [2.75, 3.05) is 11.9 Å². The van der Waals surface area contributed by atoms with E-state index in [0.717, 1.165) is 5.69 Å². The molecule has 0 aliphatic carbocycles. The van der Waals surface area contributed by atoms with Crippen molar-refractivity contribution in [3.8, 4) is 0 Å². The predicted octanol–water partition coefficient (Wildman–Crippen LogP) is 2.69. The molecule has 0 unspecified atom stereocenters. The van der Waals surface area contributed by atoms with Crippen molar-refractivity contribution in [1.82, 2.24) is 5.32 Å². The average molecular weight is 317 g/mol. The summed E-state index contributed by atoms with van der Waals surface area (Å²) in [6.07, 6.45) is 1.24. The van der Waals surface area contributed by atoms with E-state index in [4.69, 9.17) is 10.1 Å². The SMILES string of the molecule is CCOC(=O)C(=N)/C=C(/NC(=O)C(C)(C)C)Nc1ccccc1. The number of amides is 1. The van der Waals surface area contributed by atoms with Gasteiger partial charge in [0.05, 0.1) is 6.61 Å². The molecule has 0 aliphatic heterocycles. The number of hydrogen-bond donors (Lipinski definition) is 3. The largest absolute Gasteiger partial charge is 0.461 e. The van der Waals surface area contributed by atoms with Gasteiger partial charge in [-0.15, -0.1) is 0 Å². The normalized spacial score (nSPS) is 11.6. The minimum Gasteiger partial charge on any atom is -0.461 e. The minimum absolute atomic E-state index is 0.185. The first kappa shape index (κ1) is 18.4. The Labute approximate surface area is 136 Å². The number of ether oxygens (including phenoxy) is 1. The van der Waals surface area contributed by atoms with E-state index in [0.29, 0.717) is 0 Å². The molecule has 0 spiro atoms. The van der Waals surface area contributed by atoms with Gasteiger partial charge in [-0.2, -0.15) is 0 Å². The van der Waals surface area contributed by atoms with E-state index >= 15 is 0 Å². The number of carbonyl (C=O) groups excluding carboxylic acids is 2. The fourth-order valence-electron chi connectivity index (χ4n) is 1.50. The molecule has 1 aromatic rings. The predicted molar refractivity (Wildman–Crippen MR) is 90.1 cm³/mol. The second-order valence-corrected chi connectivity index (χ2v) is 5.89. The molecular weight excluding hydrogens is 294 g/mol. The Kier molecular flexibility index (Phi) is 6.50. The van der Waals surface area contributed by atoms with Crippen molar-refractivity contribution in [2.24, 2.45) is 5.41 Å². The van der Waals surface area contributed by atoms with Crippen molar-refractivity contribution in [2.45, 2.75) is 27.7 Å². The Morgan fingerprint density at radius 2 is 1.83 bits per heavy atom. The lowest BCUT2D eigenvalue weighted by Crippen LogP contribution is -2.37. The Hall–Kier alpha value is -2.63. The number of carbonyl (C=O) groups is 2. The van der Waals surface area contributed by atoms with E-state index in [1.165, 1.54) is 6.08 Å². The summed E-state index contributed by atoms with van der Waals surface area (Å²) in [7, 11) is 0. The van der Waals surface area contributed by atoms with E-state index in [1.54, 1.807) is 27.7 Å². The molecule has 0 saturated heterocycles. The van der Waals surface area contributed by atoms with Crippen LogP contribution in [-0.2, 0) is 14.3 Å². The summed E-state index contributed by atoms with van der Waals surface area (Å²) in [6.45, 7) is 7.18. The quantitative estimate of drug-likeness (QED) is 0.555. The molecule has 0 atom stereocenters. The summed E-state index contributed by atoms with van der Waals surface area (Å²) >= 11 is 0. The second kappa shape index (κ2) is 8.12. The molecule has 1 rings (SSSR count). The summed E-state index contributed by atoms with van der Waals surface area (Å²) in [4.78, 5) is 23.7. The Morgan fingerprint density at radius 3 is 2.35 bits per heavy atom. The number of benzene rings is 1. The Balaban J connectivity index is 2.98. The van der Waals surface area contributed by atoms with Gasteiger partial charge in [-0.1, -0.05) is 39.0 Å². The van der Waals surface area contributed by atoms with E-state index in [-0.39, 0.29) is 24.0 Å². The van der Waals surface area contributed by atoms with Crippen molar-refractivity contribution < 1.29 is 14.3 Å². The first-order chi connectivity index (χ1) is 10.7. The maximum Gasteiger partial charge on any atom is 0.356 e. The number of nitrogens with one attached hydrogen (secondary N) is 3. The molecule has 0 heterocycles. The van der Waals surface area contributed by atoms with Gasteiger partial charge in [-0.25, -0.2) is 4.79 Å². The van der Waals surface area contributed by atoms with Gasteiger partial charge in [0, 0.05) is 17.2 Å². The highest BCUT2D eigenvalue weighted by Gasteiger charge is 2.22. The first-order valence-electron chi connectivity index (χ1n) is 7.35. The van der Waals surface area contributed by atoms with Crippen LogP contribution in [0.15, 0.2) is 42.2 Å². The third-order valence-corrected chi connectivity index (χ3v) is 2.77. The average Bonchev–Trinajstić information content (AvgIpc) is 2.47. The molecule has 3 N–H and O–H groups in total. The van der Waals surface area contributed by atoms with Gasteiger partial charge in [0.25, 0.3) is 0 Å². The highest BCUT2D eigenvalue weighted by molar-refractivity contribution is 6.40. The van der Waals surface area contributed by atoms with Gasteiger partial charge in [-0.05, 0) is 19.1 Å². The summed E-state index contributed by atoms with van der Waals surface area (Å²) in [5.74, 6) is -0.733. The monoisotopic (exact) mass is 317 g/mol. The van der Waals surface area contributed by atoms with Crippen molar-refractivity contribution in [1.29, 1.82) is 5.41 Å². The van der Waals surface area contributed by atoms with Crippen LogP contribution in [0.5, 0.6) is 0 Å². The lowest BCUT2D eigenvalue weighted by molar-refractivity contribution is -0.135. The number of anilines is 1. The maximum atomic E-state index is 12.2. The topological polar surface area (TPSA) is 91.3 Å². The minimum atomic E-state index is -0.745. The standard InChI is InChI=1S/C17H23N3O3/c1-5-23-15(21)13(18)11-14(20-16(22)17(2,3)4)19-12-9-7-6-8-10-12/h6-11,18-19H,5H2,1-4H3,(H,20,22)/b14-11+,18-13?. The van der Waals surface area contributed by atoms with Crippen LogP contribution in [0.3, 0.4) is 0 Å². The molecular formula is C17H23N3O3. The summed E-state index contributed by atoms with van der Waals surface area (Å²) in [6, 6.07) is 9.16. The zero-order chi connectivity index (χ0) is 17.5. The van der Waals surface area contributed by atoms with E-state index in [9.17, 15) is 9.59 Å². The van der Waals surface area contributed by atoms with Gasteiger partial charge >= 0.3 is 5.97 Å². The summed E-state index contributed by atoms with van der Waals surface area (Å²) in [5, 5.41) is 13.4. The molecule has 0 radical (unpaired) electrons. The van der Waals surface area contributed by atoms with Gasteiger partial charge in [-0.3, -0.25) is 10.2 Å². The molecule has 0 saturated carbocycles. The van der Waals surface area contributed by atoms with Crippen molar-refractivity contribution >= 4 is 23.3 Å². The molecule has 1 aromatic carbocycles. The highest BCUT2D eigenvalue weighted by atomic mass is 16.5. The highest BCUT2D eigenvalue weighted by Crippen LogP contribution is 2.14. The summed E-state index contributed by atoms with van der Waals surface area (Å²) in [5.41, 5.74) is -0.229. The zero-order valence-electron chi connectivity index (χ0n) is 13.9. The molecule has 1 amide bonds. The maximum absolute atomic E-state index is 12.2. The third-order valence-electron chi connectivity index (χ3n) is 2.77. The number of rotatable bonds is 6. The van der Waals surface area contributed by atoms with Crippen LogP contribution in [0.2, 0.25) is 0 Å². The van der Waals surface area contributed by atoms with Crippen LogP contribution in [0.1, 0.15) is 27.7 Å². The fourth-order valence-corrected chi connectivity index (χ4v) is 1.50. The lowest BCUT2D eigenvalue weighted by atomic mass is 9.96. The van der Waals surface area contributed by atoms with Gasteiger partial charge < -0.3 is 15.4 Å². The molecule has 0 aromatic heterocycles. The van der Waals surface area contributed by atoms with E-state index in [2.05, 4.69) is 10.6 Å². The number of para-hydroxylation sites is 1. The van der Waals surface area contributed by atoms with Gasteiger partial charge in [0.2, 0.25) is 5.91 Å². The van der Waals surface area contributed by atoms with Crippen LogP contribution >= 0.6 is 0 Å². The summed E-state index contributed by atoms with van der Waals surface area (Å²) < 4.78 is 4.78. The van der Waals surface area contributed by atoms with Crippen molar-refractivity contribution in [3.63, 3.8) is 0 Å². The van der Waals surface area contributed by atoms with Gasteiger partial charge in [0.15, 0.2) is 0 Å². The van der Waals surface area contributed by atoms with Crippen LogP contribution in [0, 0.1) is 10.8 Å². The van der Waals surface area contributed by atoms with Crippen LogP contribution in [0.4, 0.5) is 5.69 Å². The lowest BCUT2D eigenvalue weighted by Gasteiger charge is -2.20. The third kappa shape index (κ3) is 6.34. The number of esters is 1. The van der Waals surface area contributed by atoms with E-state index < -0.39 is 11.4 Å². The smallest absolute Gasteiger partial charge is 0.356 e. The van der Waals surface area contributed by atoms with Crippen molar-refractivity contribution in [3.05, 3.63) is 42.2 Å². The molecule has 23 heavy (non-hydrogen) atoms.